The number of rotatable bonds is 11. The van der Waals surface area contributed by atoms with Gasteiger partial charge in [-0.1, -0.05) is 102 Å². The second kappa shape index (κ2) is 13.3. The maximum Gasteiger partial charge on any atom is 0.215 e. The van der Waals surface area contributed by atoms with Crippen LogP contribution in [0, 0.1) is 0 Å². The number of nitrogens with zero attached hydrogens (tertiary/aromatic N) is 3. The molecule has 220 valence electrons. The molecular weight excluding hydrogens is 581 g/mol. The summed E-state index contributed by atoms with van der Waals surface area (Å²) in [5.74, 6) is -0.284. The highest BCUT2D eigenvalue weighted by Gasteiger charge is 2.45. The van der Waals surface area contributed by atoms with Gasteiger partial charge < -0.3 is 18.8 Å². The van der Waals surface area contributed by atoms with E-state index in [1.807, 2.05) is 29.0 Å². The summed E-state index contributed by atoms with van der Waals surface area (Å²) in [6.45, 7) is 2.73. The lowest BCUT2D eigenvalue weighted by molar-refractivity contribution is -0.189. The average molecular weight is 615 g/mol. The molecule has 4 aromatic carbocycles. The molecule has 0 amide bonds. The third-order valence-electron chi connectivity index (χ3n) is 7.52. The lowest BCUT2D eigenvalue weighted by Gasteiger charge is -2.30. The summed E-state index contributed by atoms with van der Waals surface area (Å²) in [5.41, 5.74) is 3.16. The number of halogens is 2. The van der Waals surface area contributed by atoms with E-state index in [1.54, 1.807) is 24.7 Å². The Hall–Kier alpha value is -3.65. The maximum atomic E-state index is 6.62. The van der Waals surface area contributed by atoms with Gasteiger partial charge in [-0.3, -0.25) is 4.90 Å². The van der Waals surface area contributed by atoms with Crippen LogP contribution in [0.15, 0.2) is 110 Å². The van der Waals surface area contributed by atoms with E-state index in [2.05, 4.69) is 83.7 Å². The van der Waals surface area contributed by atoms with Crippen molar-refractivity contribution in [1.29, 1.82) is 0 Å². The van der Waals surface area contributed by atoms with Crippen LogP contribution in [0.25, 0.3) is 16.8 Å². The Balaban J connectivity index is 1.15. The number of benzene rings is 4. The first-order chi connectivity index (χ1) is 21.0. The first-order valence-corrected chi connectivity index (χ1v) is 15.0. The van der Waals surface area contributed by atoms with Crippen LogP contribution < -0.4 is 4.74 Å². The quantitative estimate of drug-likeness (QED) is 0.152. The summed E-state index contributed by atoms with van der Waals surface area (Å²) in [6.07, 6.45) is 9.37. The zero-order chi connectivity index (χ0) is 29.6. The standard InChI is InChI=1S/C35H33Cl2N3O3/c1-39(18-7-10-26-8-3-2-4-9-26)21-27-13-16-34(31-12-6-5-11-30(27)31)41-22-29-23-42-35(43-29,24-40-19-17-38-25-40)32-15-14-28(36)20-33(32)37/h2-17,19-20,25,29H,18,21-24H2,1H3/t29-,35-/m0/s1. The van der Waals surface area contributed by atoms with Gasteiger partial charge in [0.05, 0.1) is 24.5 Å². The summed E-state index contributed by atoms with van der Waals surface area (Å²) in [7, 11) is 2.13. The second-order valence-electron chi connectivity index (χ2n) is 10.8. The van der Waals surface area contributed by atoms with Crippen LogP contribution in [-0.2, 0) is 28.4 Å². The van der Waals surface area contributed by atoms with Gasteiger partial charge in [0.1, 0.15) is 18.5 Å². The fourth-order valence-corrected chi connectivity index (χ4v) is 6.00. The second-order valence-corrected chi connectivity index (χ2v) is 11.6. The maximum absolute atomic E-state index is 6.62. The molecule has 0 spiro atoms. The predicted molar refractivity (Wildman–Crippen MR) is 172 cm³/mol. The molecule has 1 aliphatic heterocycles. The third kappa shape index (κ3) is 6.96. The van der Waals surface area contributed by atoms with E-state index >= 15 is 0 Å². The van der Waals surface area contributed by atoms with Gasteiger partial charge in [0.25, 0.3) is 0 Å². The lowest BCUT2D eigenvalue weighted by Crippen LogP contribution is -2.34. The number of aromatic nitrogens is 2. The van der Waals surface area contributed by atoms with Gasteiger partial charge in [-0.15, -0.1) is 0 Å². The number of likely N-dealkylation sites (N-methyl/N-ethyl adjacent to an activating group) is 1. The number of fused-ring (bicyclic) bond motifs is 1. The minimum absolute atomic E-state index is 0.309. The van der Waals surface area contributed by atoms with Gasteiger partial charge in [0.2, 0.25) is 5.79 Å². The summed E-state index contributed by atoms with van der Waals surface area (Å²) in [5, 5.41) is 3.27. The van der Waals surface area contributed by atoms with E-state index in [-0.39, 0.29) is 6.10 Å². The monoisotopic (exact) mass is 613 g/mol. The highest BCUT2D eigenvalue weighted by molar-refractivity contribution is 6.35. The highest BCUT2D eigenvalue weighted by atomic mass is 35.5. The van der Waals surface area contributed by atoms with Gasteiger partial charge in [-0.05, 0) is 41.8 Å². The fourth-order valence-electron chi connectivity index (χ4n) is 5.44. The van der Waals surface area contributed by atoms with Crippen LogP contribution in [0.4, 0.5) is 0 Å². The van der Waals surface area contributed by atoms with E-state index in [4.69, 9.17) is 37.4 Å². The van der Waals surface area contributed by atoms with Crippen molar-refractivity contribution in [3.05, 3.63) is 136 Å². The lowest BCUT2D eigenvalue weighted by atomic mass is 10.0. The normalized spacial score (nSPS) is 18.7. The molecule has 1 fully saturated rings. The summed E-state index contributed by atoms with van der Waals surface area (Å²) >= 11 is 12.8. The third-order valence-corrected chi connectivity index (χ3v) is 8.06. The topological polar surface area (TPSA) is 48.8 Å². The SMILES string of the molecule is CN(CC=Cc1ccccc1)Cc1ccc(OC[C@H]2CO[C@](Cn3ccnc3)(c3ccc(Cl)cc3Cl)O2)c2ccccc12. The van der Waals surface area contributed by atoms with E-state index in [1.165, 1.54) is 16.5 Å². The molecule has 0 saturated carbocycles. The number of hydrogen-bond donors (Lipinski definition) is 0. The van der Waals surface area contributed by atoms with Gasteiger partial charge in [0.15, 0.2) is 0 Å². The molecule has 8 heteroatoms. The smallest absolute Gasteiger partial charge is 0.215 e. The molecule has 1 aromatic heterocycles. The van der Waals surface area contributed by atoms with Crippen molar-refractivity contribution < 1.29 is 14.2 Å². The first kappa shape index (κ1) is 29.4. The molecule has 1 saturated heterocycles. The summed E-state index contributed by atoms with van der Waals surface area (Å²) in [6, 6.07) is 28.3. The van der Waals surface area contributed by atoms with Crippen LogP contribution in [0.1, 0.15) is 16.7 Å². The van der Waals surface area contributed by atoms with Crippen molar-refractivity contribution in [2.45, 2.75) is 25.0 Å². The Morgan fingerprint density at radius 1 is 1.02 bits per heavy atom. The Labute approximate surface area is 262 Å². The van der Waals surface area contributed by atoms with Gasteiger partial charge in [0, 0.05) is 41.5 Å². The Morgan fingerprint density at radius 3 is 2.63 bits per heavy atom. The zero-order valence-corrected chi connectivity index (χ0v) is 25.4. The van der Waals surface area contributed by atoms with Crippen LogP contribution in [0.2, 0.25) is 10.0 Å². The Kier molecular flexibility index (Phi) is 9.12. The van der Waals surface area contributed by atoms with Crippen LogP contribution in [0.3, 0.4) is 0 Å². The van der Waals surface area contributed by atoms with Crippen molar-refractivity contribution in [2.75, 3.05) is 26.8 Å². The molecule has 5 aromatic rings. The molecule has 6 nitrogen and oxygen atoms in total. The number of ether oxygens (including phenoxy) is 3. The zero-order valence-electron chi connectivity index (χ0n) is 23.9. The molecule has 2 heterocycles. The van der Waals surface area contributed by atoms with Crippen molar-refractivity contribution in [2.24, 2.45) is 0 Å². The van der Waals surface area contributed by atoms with Crippen molar-refractivity contribution >= 4 is 40.1 Å². The summed E-state index contributed by atoms with van der Waals surface area (Å²) < 4.78 is 21.2. The van der Waals surface area contributed by atoms with Gasteiger partial charge in [-0.2, -0.15) is 0 Å². The van der Waals surface area contributed by atoms with Crippen molar-refractivity contribution in [3.63, 3.8) is 0 Å². The molecule has 43 heavy (non-hydrogen) atoms. The highest BCUT2D eigenvalue weighted by Crippen LogP contribution is 2.41. The molecule has 0 N–H and O–H groups in total. The van der Waals surface area contributed by atoms with Crippen LogP contribution >= 0.6 is 23.2 Å². The first-order valence-electron chi connectivity index (χ1n) is 14.3. The number of imidazole rings is 1. The van der Waals surface area contributed by atoms with E-state index in [0.29, 0.717) is 35.4 Å². The summed E-state index contributed by atoms with van der Waals surface area (Å²) in [4.78, 5) is 6.47. The van der Waals surface area contributed by atoms with E-state index < -0.39 is 5.79 Å². The van der Waals surface area contributed by atoms with Crippen molar-refractivity contribution in [3.8, 4) is 5.75 Å². The number of hydrogen-bond acceptors (Lipinski definition) is 5. The van der Waals surface area contributed by atoms with E-state index in [9.17, 15) is 0 Å². The van der Waals surface area contributed by atoms with E-state index in [0.717, 1.165) is 24.2 Å². The fraction of sp³-hybridized carbons (Fsp3) is 0.229. The van der Waals surface area contributed by atoms with Gasteiger partial charge in [-0.25, -0.2) is 4.98 Å². The molecule has 0 radical (unpaired) electrons. The van der Waals surface area contributed by atoms with Gasteiger partial charge >= 0.3 is 0 Å². The van der Waals surface area contributed by atoms with Crippen LogP contribution in [-0.4, -0.2) is 47.4 Å². The average Bonchev–Trinajstić information content (AvgIpc) is 3.68. The molecule has 2 atom stereocenters. The minimum Gasteiger partial charge on any atom is -0.490 e. The molecule has 6 rings (SSSR count). The molecule has 1 aliphatic rings. The Bertz CT molecular complexity index is 1690. The van der Waals surface area contributed by atoms with Crippen LogP contribution in [0.5, 0.6) is 5.75 Å². The largest absolute Gasteiger partial charge is 0.490 e. The minimum atomic E-state index is -1.10. The molecule has 0 aliphatic carbocycles. The predicted octanol–water partition coefficient (Wildman–Crippen LogP) is 7.84. The molecule has 0 unspecified atom stereocenters. The van der Waals surface area contributed by atoms with Crippen molar-refractivity contribution in [1.82, 2.24) is 14.5 Å². The Morgan fingerprint density at radius 2 is 1.84 bits per heavy atom. The molecular formula is C35H33Cl2N3O3. The molecule has 0 bridgehead atoms.